The average molecular weight is 340 g/mol. The number of benzene rings is 1. The molecular formula is C16H19F3N4O. The third kappa shape index (κ3) is 4.12. The van der Waals surface area contributed by atoms with E-state index in [1.54, 1.807) is 0 Å². The molecule has 1 aromatic carbocycles. The van der Waals surface area contributed by atoms with Crippen molar-refractivity contribution in [1.82, 2.24) is 19.7 Å². The minimum atomic E-state index is -4.33. The predicted octanol–water partition coefficient (Wildman–Crippen LogP) is 2.55. The first-order valence-corrected chi connectivity index (χ1v) is 7.72. The number of halogens is 3. The molecule has 8 heteroatoms. The van der Waals surface area contributed by atoms with Gasteiger partial charge in [-0.1, -0.05) is 24.3 Å². The van der Waals surface area contributed by atoms with Crippen LogP contribution < -0.4 is 0 Å². The molecule has 1 aromatic heterocycles. The van der Waals surface area contributed by atoms with Gasteiger partial charge in [-0.15, -0.1) is 0 Å². The van der Waals surface area contributed by atoms with Crippen LogP contribution >= 0.6 is 0 Å². The number of methoxy groups -OCH3 is 1. The van der Waals surface area contributed by atoms with Crippen LogP contribution in [0.2, 0.25) is 0 Å². The number of alkyl halides is 3. The lowest BCUT2D eigenvalue weighted by Crippen LogP contribution is -2.32. The number of rotatable bonds is 5. The molecule has 1 aliphatic heterocycles. The number of ether oxygens (including phenoxy) is 1. The van der Waals surface area contributed by atoms with Gasteiger partial charge in [-0.25, -0.2) is 9.67 Å². The molecule has 3 rings (SSSR count). The second-order valence-electron chi connectivity index (χ2n) is 5.88. The molecule has 0 saturated carbocycles. The minimum absolute atomic E-state index is 0.0979. The van der Waals surface area contributed by atoms with E-state index in [-0.39, 0.29) is 12.4 Å². The molecule has 5 nitrogen and oxygen atoms in total. The fourth-order valence-corrected chi connectivity index (χ4v) is 2.92. The average Bonchev–Trinajstić information content (AvgIpc) is 2.87. The molecule has 24 heavy (non-hydrogen) atoms. The predicted molar refractivity (Wildman–Crippen MR) is 81.1 cm³/mol. The van der Waals surface area contributed by atoms with Gasteiger partial charge in [-0.05, 0) is 17.5 Å². The summed E-state index contributed by atoms with van der Waals surface area (Å²) in [4.78, 5) is 6.31. The second-order valence-corrected chi connectivity index (χ2v) is 5.88. The Morgan fingerprint density at radius 2 is 1.96 bits per heavy atom. The first kappa shape index (κ1) is 16.9. The summed E-state index contributed by atoms with van der Waals surface area (Å²) in [6.45, 7) is 0.787. The van der Waals surface area contributed by atoms with E-state index in [0.29, 0.717) is 18.9 Å². The molecule has 0 radical (unpaired) electrons. The van der Waals surface area contributed by atoms with Gasteiger partial charge in [-0.3, -0.25) is 4.90 Å². The lowest BCUT2D eigenvalue weighted by Gasteiger charge is -2.28. The van der Waals surface area contributed by atoms with Crippen LogP contribution in [0.15, 0.2) is 24.3 Å². The number of nitrogens with zero attached hydrogens (tertiary/aromatic N) is 4. The molecule has 0 saturated heterocycles. The van der Waals surface area contributed by atoms with Gasteiger partial charge in [0.25, 0.3) is 0 Å². The van der Waals surface area contributed by atoms with Gasteiger partial charge in [0, 0.05) is 20.2 Å². The van der Waals surface area contributed by atoms with Gasteiger partial charge in [0.05, 0.1) is 6.54 Å². The van der Waals surface area contributed by atoms with Gasteiger partial charge in [0.1, 0.15) is 19.0 Å². The summed E-state index contributed by atoms with van der Waals surface area (Å²) < 4.78 is 44.1. The van der Waals surface area contributed by atoms with E-state index in [1.807, 2.05) is 12.1 Å². The topological polar surface area (TPSA) is 43.2 Å². The Labute approximate surface area is 138 Å². The first-order valence-electron chi connectivity index (χ1n) is 7.72. The molecule has 0 N–H and O–H groups in total. The molecule has 2 aromatic rings. The summed E-state index contributed by atoms with van der Waals surface area (Å²) in [7, 11) is 1.46. The smallest absolute Gasteiger partial charge is 0.377 e. The van der Waals surface area contributed by atoms with E-state index < -0.39 is 12.7 Å². The Hall–Kier alpha value is -1.93. The molecule has 130 valence electrons. The minimum Gasteiger partial charge on any atom is -0.377 e. The van der Waals surface area contributed by atoms with Crippen molar-refractivity contribution in [3.05, 3.63) is 47.0 Å². The fraction of sp³-hybridized carbons (Fsp3) is 0.500. The van der Waals surface area contributed by atoms with E-state index in [1.165, 1.54) is 18.2 Å². The van der Waals surface area contributed by atoms with Crippen molar-refractivity contribution in [2.75, 3.05) is 13.7 Å². The highest BCUT2D eigenvalue weighted by Crippen LogP contribution is 2.22. The maximum atomic E-state index is 12.8. The van der Waals surface area contributed by atoms with Crippen molar-refractivity contribution in [1.29, 1.82) is 0 Å². The molecule has 1 aliphatic rings. The zero-order valence-electron chi connectivity index (χ0n) is 13.4. The van der Waals surface area contributed by atoms with E-state index in [9.17, 15) is 13.2 Å². The van der Waals surface area contributed by atoms with Crippen LogP contribution in [0.25, 0.3) is 0 Å². The zero-order valence-corrected chi connectivity index (χ0v) is 13.4. The van der Waals surface area contributed by atoms with Crippen LogP contribution in [0.4, 0.5) is 13.2 Å². The summed E-state index contributed by atoms with van der Waals surface area (Å²) in [5.74, 6) is 0.591. The second kappa shape index (κ2) is 6.90. The molecule has 0 amide bonds. The Morgan fingerprint density at radius 3 is 2.67 bits per heavy atom. The van der Waals surface area contributed by atoms with Crippen molar-refractivity contribution in [2.45, 2.75) is 38.8 Å². The summed E-state index contributed by atoms with van der Waals surface area (Å²) in [6.07, 6.45) is -3.45. The third-order valence-corrected chi connectivity index (χ3v) is 3.97. The van der Waals surface area contributed by atoms with Gasteiger partial charge in [0.15, 0.2) is 5.82 Å². The van der Waals surface area contributed by atoms with Crippen molar-refractivity contribution in [3.63, 3.8) is 0 Å². The summed E-state index contributed by atoms with van der Waals surface area (Å²) in [6, 6.07) is 8.13. The van der Waals surface area contributed by atoms with Crippen LogP contribution in [0.5, 0.6) is 0 Å². The number of aromatic nitrogens is 3. The molecule has 0 atom stereocenters. The maximum absolute atomic E-state index is 12.8. The highest BCUT2D eigenvalue weighted by molar-refractivity contribution is 5.29. The molecule has 0 bridgehead atoms. The summed E-state index contributed by atoms with van der Waals surface area (Å²) in [5.41, 5.74) is 2.51. The standard InChI is InChI=1S/C16H19F3N4O/c1-24-10-14-20-15(23(21-14)11-16(17,18)19)9-22-7-6-12-4-2-3-5-13(12)8-22/h2-5H,6-11H2,1H3. The lowest BCUT2D eigenvalue weighted by atomic mass is 10.00. The maximum Gasteiger partial charge on any atom is 0.408 e. The Morgan fingerprint density at radius 1 is 1.21 bits per heavy atom. The van der Waals surface area contributed by atoms with Gasteiger partial charge >= 0.3 is 6.18 Å². The van der Waals surface area contributed by atoms with Crippen molar-refractivity contribution in [2.24, 2.45) is 0 Å². The first-order chi connectivity index (χ1) is 11.4. The van der Waals surface area contributed by atoms with Gasteiger partial charge < -0.3 is 4.74 Å². The lowest BCUT2D eigenvalue weighted by molar-refractivity contribution is -0.143. The Kier molecular flexibility index (Phi) is 4.86. The summed E-state index contributed by atoms with van der Waals surface area (Å²) in [5, 5.41) is 3.93. The van der Waals surface area contributed by atoms with Crippen LogP contribution in [0.3, 0.4) is 0 Å². The normalized spacial score (nSPS) is 15.5. The molecule has 0 fully saturated rings. The molecule has 0 unspecified atom stereocenters. The molecular weight excluding hydrogens is 321 g/mol. The molecule has 2 heterocycles. The number of hydrogen-bond acceptors (Lipinski definition) is 4. The number of fused-ring (bicyclic) bond motifs is 1. The number of hydrogen-bond donors (Lipinski definition) is 0. The molecule has 0 aliphatic carbocycles. The van der Waals surface area contributed by atoms with E-state index in [0.717, 1.165) is 17.6 Å². The summed E-state index contributed by atoms with van der Waals surface area (Å²) >= 11 is 0. The van der Waals surface area contributed by atoms with E-state index in [2.05, 4.69) is 27.1 Å². The third-order valence-electron chi connectivity index (χ3n) is 3.97. The van der Waals surface area contributed by atoms with Crippen LogP contribution in [-0.2, 0) is 37.4 Å². The largest absolute Gasteiger partial charge is 0.408 e. The van der Waals surface area contributed by atoms with E-state index >= 15 is 0 Å². The van der Waals surface area contributed by atoms with Gasteiger partial charge in [0.2, 0.25) is 0 Å². The fourth-order valence-electron chi connectivity index (χ4n) is 2.92. The molecule has 0 spiro atoms. The zero-order chi connectivity index (χ0) is 17.2. The Bertz CT molecular complexity index is 699. The van der Waals surface area contributed by atoms with Gasteiger partial charge in [-0.2, -0.15) is 18.3 Å². The highest BCUT2D eigenvalue weighted by Gasteiger charge is 2.31. The monoisotopic (exact) mass is 340 g/mol. The van der Waals surface area contributed by atoms with Crippen molar-refractivity contribution < 1.29 is 17.9 Å². The van der Waals surface area contributed by atoms with Crippen LogP contribution in [0.1, 0.15) is 22.8 Å². The van der Waals surface area contributed by atoms with Crippen LogP contribution in [0, 0.1) is 0 Å². The quantitative estimate of drug-likeness (QED) is 0.839. The van der Waals surface area contributed by atoms with Crippen LogP contribution in [-0.4, -0.2) is 39.5 Å². The van der Waals surface area contributed by atoms with E-state index in [4.69, 9.17) is 4.74 Å². The van der Waals surface area contributed by atoms with Crippen molar-refractivity contribution >= 4 is 0 Å². The SMILES string of the molecule is COCc1nc(CN2CCc3ccccc3C2)n(CC(F)(F)F)n1. The van der Waals surface area contributed by atoms with Crippen molar-refractivity contribution in [3.8, 4) is 0 Å². The highest BCUT2D eigenvalue weighted by atomic mass is 19.4. The Balaban J connectivity index is 1.76.